The Balaban J connectivity index is 1.71. The van der Waals surface area contributed by atoms with Gasteiger partial charge in [-0.15, -0.1) is 0 Å². The molecule has 0 atom stereocenters. The van der Waals surface area contributed by atoms with Gasteiger partial charge in [0.2, 0.25) is 10.0 Å². The van der Waals surface area contributed by atoms with Gasteiger partial charge in [0.15, 0.2) is 19.0 Å². The number of carbonyl (C=O) groups excluding carboxylic acids is 3. The van der Waals surface area contributed by atoms with Crippen LogP contribution in [-0.4, -0.2) is 39.3 Å². The predicted octanol–water partition coefficient (Wildman–Crippen LogP) is 1.36. The van der Waals surface area contributed by atoms with Crippen molar-refractivity contribution in [2.45, 2.75) is 4.90 Å². The van der Waals surface area contributed by atoms with Crippen molar-refractivity contribution in [3.8, 4) is 5.75 Å². The number of nitrogens with one attached hydrogen (secondary N) is 1. The van der Waals surface area contributed by atoms with Crippen molar-refractivity contribution in [1.29, 1.82) is 0 Å². The molecule has 9 nitrogen and oxygen atoms in total. The van der Waals surface area contributed by atoms with E-state index in [0.717, 1.165) is 6.07 Å². The Morgan fingerprint density at radius 3 is 2.61 bits per heavy atom. The number of benzene rings is 2. The molecule has 2 aromatic carbocycles. The average molecular weight is 425 g/mol. The number of ether oxygens (including phenoxy) is 2. The molecule has 1 aliphatic heterocycles. The molecule has 0 aliphatic carbocycles. The molecule has 11 heteroatoms. The SMILES string of the molecule is NS(=O)(=O)c1cc(C(=O)OCC(=O)c2ccc3c(c2)NC(=O)CO3)ccc1Cl. The van der Waals surface area contributed by atoms with Crippen molar-refractivity contribution in [3.05, 3.63) is 52.5 Å². The highest BCUT2D eigenvalue weighted by molar-refractivity contribution is 7.89. The van der Waals surface area contributed by atoms with Crippen LogP contribution in [0.1, 0.15) is 20.7 Å². The van der Waals surface area contributed by atoms with Crippen molar-refractivity contribution in [3.63, 3.8) is 0 Å². The first kappa shape index (κ1) is 19.8. The second-order valence-corrected chi connectivity index (χ2v) is 7.67. The predicted molar refractivity (Wildman–Crippen MR) is 98.0 cm³/mol. The molecule has 1 amide bonds. The Labute approximate surface area is 164 Å². The number of hydrogen-bond donors (Lipinski definition) is 2. The molecule has 3 rings (SSSR count). The summed E-state index contributed by atoms with van der Waals surface area (Å²) in [4.78, 5) is 35.3. The lowest BCUT2D eigenvalue weighted by Gasteiger charge is -2.18. The molecule has 0 saturated carbocycles. The number of esters is 1. The number of hydrogen-bond acceptors (Lipinski definition) is 7. The fraction of sp³-hybridized carbons (Fsp3) is 0.118. The first-order valence-electron chi connectivity index (χ1n) is 7.74. The van der Waals surface area contributed by atoms with Gasteiger partial charge in [-0.25, -0.2) is 18.4 Å². The van der Waals surface area contributed by atoms with E-state index in [1.54, 1.807) is 0 Å². The van der Waals surface area contributed by atoms with Gasteiger partial charge in [-0.3, -0.25) is 9.59 Å². The quantitative estimate of drug-likeness (QED) is 0.545. The Kier molecular flexibility index (Phi) is 5.36. The van der Waals surface area contributed by atoms with Gasteiger partial charge in [-0.1, -0.05) is 11.6 Å². The van der Waals surface area contributed by atoms with E-state index in [-0.39, 0.29) is 28.7 Å². The van der Waals surface area contributed by atoms with Crippen LogP contribution in [-0.2, 0) is 19.6 Å². The lowest BCUT2D eigenvalue weighted by Crippen LogP contribution is -2.25. The van der Waals surface area contributed by atoms with E-state index in [1.807, 2.05) is 0 Å². The number of anilines is 1. The number of carbonyl (C=O) groups is 3. The summed E-state index contributed by atoms with van der Waals surface area (Å²) in [5, 5.41) is 7.45. The fourth-order valence-corrected chi connectivity index (χ4v) is 3.47. The lowest BCUT2D eigenvalue weighted by atomic mass is 10.1. The summed E-state index contributed by atoms with van der Waals surface area (Å²) in [5.41, 5.74) is 0.398. The number of halogens is 1. The zero-order valence-corrected chi connectivity index (χ0v) is 15.7. The minimum Gasteiger partial charge on any atom is -0.482 e. The van der Waals surface area contributed by atoms with E-state index in [1.165, 1.54) is 30.3 Å². The molecular formula is C17H13ClN2O7S. The largest absolute Gasteiger partial charge is 0.482 e. The van der Waals surface area contributed by atoms with Crippen molar-refractivity contribution in [2.75, 3.05) is 18.5 Å². The molecule has 0 radical (unpaired) electrons. The van der Waals surface area contributed by atoms with Crippen LogP contribution in [0.4, 0.5) is 5.69 Å². The molecule has 0 aromatic heterocycles. The van der Waals surface area contributed by atoms with E-state index in [9.17, 15) is 22.8 Å². The van der Waals surface area contributed by atoms with E-state index < -0.39 is 33.3 Å². The Morgan fingerprint density at radius 1 is 1.18 bits per heavy atom. The van der Waals surface area contributed by atoms with Gasteiger partial charge in [0.25, 0.3) is 5.91 Å². The maximum atomic E-state index is 12.3. The summed E-state index contributed by atoms with van der Waals surface area (Å²) >= 11 is 5.76. The minimum absolute atomic E-state index is 0.112. The van der Waals surface area contributed by atoms with Crippen molar-refractivity contribution in [2.24, 2.45) is 5.14 Å². The highest BCUT2D eigenvalue weighted by atomic mass is 35.5. The molecule has 1 heterocycles. The molecule has 3 N–H and O–H groups in total. The number of nitrogens with two attached hydrogens (primary N) is 1. The van der Waals surface area contributed by atoms with Crippen molar-refractivity contribution >= 4 is 45.0 Å². The molecule has 0 fully saturated rings. The van der Waals surface area contributed by atoms with Crippen LogP contribution in [0.5, 0.6) is 5.75 Å². The zero-order chi connectivity index (χ0) is 20.5. The Morgan fingerprint density at radius 2 is 1.89 bits per heavy atom. The molecular weight excluding hydrogens is 412 g/mol. The molecule has 0 bridgehead atoms. The third kappa shape index (κ3) is 4.30. The van der Waals surface area contributed by atoms with Gasteiger partial charge in [0.1, 0.15) is 10.6 Å². The van der Waals surface area contributed by atoms with E-state index in [4.69, 9.17) is 26.2 Å². The number of fused-ring (bicyclic) bond motifs is 1. The molecule has 1 aliphatic rings. The van der Waals surface area contributed by atoms with Gasteiger partial charge in [-0.2, -0.15) is 0 Å². The molecule has 0 saturated heterocycles. The van der Waals surface area contributed by atoms with E-state index in [0.29, 0.717) is 11.4 Å². The molecule has 0 unspecified atom stereocenters. The number of primary sulfonamides is 1. The van der Waals surface area contributed by atoms with Gasteiger partial charge in [0, 0.05) is 5.56 Å². The number of rotatable bonds is 5. The fourth-order valence-electron chi connectivity index (χ4n) is 2.40. The van der Waals surface area contributed by atoms with Crippen LogP contribution < -0.4 is 15.2 Å². The summed E-state index contributed by atoms with van der Waals surface area (Å²) in [6.45, 7) is -0.709. The Hall–Kier alpha value is -2.95. The van der Waals surface area contributed by atoms with E-state index >= 15 is 0 Å². The highest BCUT2D eigenvalue weighted by Gasteiger charge is 2.20. The minimum atomic E-state index is -4.13. The molecule has 0 spiro atoms. The van der Waals surface area contributed by atoms with Crippen LogP contribution >= 0.6 is 11.6 Å². The number of Topliss-reactive ketones (excluding diaryl/α,β-unsaturated/α-hetero) is 1. The van der Waals surface area contributed by atoms with Crippen LogP contribution in [0.2, 0.25) is 5.02 Å². The summed E-state index contributed by atoms with van der Waals surface area (Å²) in [5.74, 6) is -1.39. The molecule has 2 aromatic rings. The molecule has 146 valence electrons. The number of ketones is 1. The van der Waals surface area contributed by atoms with Gasteiger partial charge in [-0.05, 0) is 36.4 Å². The van der Waals surface area contributed by atoms with Crippen molar-refractivity contribution in [1.82, 2.24) is 0 Å². The normalized spacial score (nSPS) is 13.1. The van der Waals surface area contributed by atoms with Crippen LogP contribution in [0.25, 0.3) is 0 Å². The molecule has 28 heavy (non-hydrogen) atoms. The number of amides is 1. The summed E-state index contributed by atoms with van der Waals surface area (Å²) < 4.78 is 33.1. The smallest absolute Gasteiger partial charge is 0.338 e. The first-order valence-corrected chi connectivity index (χ1v) is 9.67. The highest BCUT2D eigenvalue weighted by Crippen LogP contribution is 2.28. The average Bonchev–Trinajstić information content (AvgIpc) is 2.64. The number of sulfonamides is 1. The topological polar surface area (TPSA) is 142 Å². The second-order valence-electron chi connectivity index (χ2n) is 5.74. The third-order valence-electron chi connectivity index (χ3n) is 3.74. The monoisotopic (exact) mass is 424 g/mol. The van der Waals surface area contributed by atoms with Gasteiger partial charge >= 0.3 is 5.97 Å². The maximum absolute atomic E-state index is 12.3. The second kappa shape index (κ2) is 7.58. The summed E-state index contributed by atoms with van der Waals surface area (Å²) in [7, 11) is -4.13. The third-order valence-corrected chi connectivity index (χ3v) is 5.13. The van der Waals surface area contributed by atoms with Crippen LogP contribution in [0, 0.1) is 0 Å². The summed E-state index contributed by atoms with van der Waals surface area (Å²) in [6.07, 6.45) is 0. The zero-order valence-electron chi connectivity index (χ0n) is 14.1. The summed E-state index contributed by atoms with van der Waals surface area (Å²) in [6, 6.07) is 7.79. The lowest BCUT2D eigenvalue weighted by molar-refractivity contribution is -0.118. The Bertz CT molecular complexity index is 1100. The van der Waals surface area contributed by atoms with E-state index in [2.05, 4.69) is 5.32 Å². The standard InChI is InChI=1S/C17H13ClN2O7S/c18-11-3-1-10(6-15(11)28(19,24)25)17(23)27-7-13(21)9-2-4-14-12(5-9)20-16(22)8-26-14/h1-6H,7-8H2,(H,20,22)(H2,19,24,25). The first-order chi connectivity index (χ1) is 13.1. The van der Waals surface area contributed by atoms with Gasteiger partial charge < -0.3 is 14.8 Å². The van der Waals surface area contributed by atoms with Crippen LogP contribution in [0.3, 0.4) is 0 Å². The van der Waals surface area contributed by atoms with Crippen molar-refractivity contribution < 1.29 is 32.3 Å². The van der Waals surface area contributed by atoms with Gasteiger partial charge in [0.05, 0.1) is 16.3 Å². The maximum Gasteiger partial charge on any atom is 0.338 e. The van der Waals surface area contributed by atoms with Crippen LogP contribution in [0.15, 0.2) is 41.3 Å².